The summed E-state index contributed by atoms with van der Waals surface area (Å²) in [6, 6.07) is 4.37. The Balaban J connectivity index is 2.79. The lowest BCUT2D eigenvalue weighted by atomic mass is 10.1. The van der Waals surface area contributed by atoms with Crippen molar-refractivity contribution in [3.63, 3.8) is 0 Å². The SMILES string of the molecule is CCN(CC(=O)N(C)C)Cc1ccc(C(=O)OC)c(F)c1. The third-order valence-electron chi connectivity index (χ3n) is 3.15. The Labute approximate surface area is 124 Å². The van der Waals surface area contributed by atoms with Gasteiger partial charge in [0.2, 0.25) is 5.91 Å². The molecular weight excluding hydrogens is 275 g/mol. The third-order valence-corrected chi connectivity index (χ3v) is 3.15. The molecule has 0 fully saturated rings. The summed E-state index contributed by atoms with van der Waals surface area (Å²) >= 11 is 0. The molecule has 1 aromatic rings. The van der Waals surface area contributed by atoms with Crippen LogP contribution in [0.3, 0.4) is 0 Å². The number of carbonyl (C=O) groups excluding carboxylic acids is 2. The monoisotopic (exact) mass is 296 g/mol. The van der Waals surface area contributed by atoms with Gasteiger partial charge in [-0.3, -0.25) is 9.69 Å². The van der Waals surface area contributed by atoms with E-state index in [-0.39, 0.29) is 18.0 Å². The number of amides is 1. The summed E-state index contributed by atoms with van der Waals surface area (Å²) in [6.45, 7) is 3.31. The van der Waals surface area contributed by atoms with Crippen LogP contribution in [0.4, 0.5) is 4.39 Å². The van der Waals surface area contributed by atoms with E-state index in [0.717, 1.165) is 0 Å². The van der Waals surface area contributed by atoms with E-state index in [4.69, 9.17) is 0 Å². The summed E-state index contributed by atoms with van der Waals surface area (Å²) in [5.74, 6) is -1.33. The van der Waals surface area contributed by atoms with E-state index in [1.54, 1.807) is 20.2 Å². The minimum absolute atomic E-state index is 0.0106. The molecule has 5 nitrogen and oxygen atoms in total. The summed E-state index contributed by atoms with van der Waals surface area (Å²) < 4.78 is 18.3. The molecule has 1 aromatic carbocycles. The lowest BCUT2D eigenvalue weighted by Gasteiger charge is -2.22. The van der Waals surface area contributed by atoms with Crippen molar-refractivity contribution in [3.05, 3.63) is 35.1 Å². The van der Waals surface area contributed by atoms with Gasteiger partial charge < -0.3 is 9.64 Å². The highest BCUT2D eigenvalue weighted by molar-refractivity contribution is 5.89. The average molecular weight is 296 g/mol. The number of rotatable bonds is 6. The Morgan fingerprint density at radius 3 is 2.43 bits per heavy atom. The van der Waals surface area contributed by atoms with Gasteiger partial charge in [0, 0.05) is 20.6 Å². The number of ether oxygens (including phenoxy) is 1. The molecule has 0 spiro atoms. The Kier molecular flexibility index (Phi) is 6.30. The number of hydrogen-bond acceptors (Lipinski definition) is 4. The van der Waals surface area contributed by atoms with Crippen LogP contribution in [-0.4, -0.2) is 56.0 Å². The van der Waals surface area contributed by atoms with Gasteiger partial charge in [-0.2, -0.15) is 0 Å². The molecule has 0 saturated heterocycles. The van der Waals surface area contributed by atoms with Gasteiger partial charge in [0.1, 0.15) is 5.82 Å². The molecule has 21 heavy (non-hydrogen) atoms. The lowest BCUT2D eigenvalue weighted by molar-refractivity contribution is -0.130. The van der Waals surface area contributed by atoms with E-state index >= 15 is 0 Å². The number of carbonyl (C=O) groups is 2. The first-order chi connectivity index (χ1) is 9.88. The maximum Gasteiger partial charge on any atom is 0.340 e. The van der Waals surface area contributed by atoms with E-state index in [0.29, 0.717) is 18.7 Å². The number of likely N-dealkylation sites (N-methyl/N-ethyl adjacent to an activating group) is 2. The standard InChI is InChI=1S/C15H21FN2O3/c1-5-18(10-14(19)17(2)3)9-11-6-7-12(13(16)8-11)15(20)21-4/h6-8H,5,9-10H2,1-4H3. The number of methoxy groups -OCH3 is 1. The number of halogens is 1. The molecule has 1 rings (SSSR count). The summed E-state index contributed by atoms with van der Waals surface area (Å²) in [4.78, 5) is 26.4. The van der Waals surface area contributed by atoms with Gasteiger partial charge in [-0.1, -0.05) is 13.0 Å². The summed E-state index contributed by atoms with van der Waals surface area (Å²) in [6.07, 6.45) is 0. The second-order valence-corrected chi connectivity index (χ2v) is 4.90. The van der Waals surface area contributed by atoms with E-state index in [9.17, 15) is 14.0 Å². The predicted octanol–water partition coefficient (Wildman–Crippen LogP) is 1.52. The van der Waals surface area contributed by atoms with E-state index in [1.807, 2.05) is 11.8 Å². The van der Waals surface area contributed by atoms with E-state index in [2.05, 4.69) is 4.74 Å². The fourth-order valence-electron chi connectivity index (χ4n) is 1.80. The van der Waals surface area contributed by atoms with Crippen LogP contribution in [0.2, 0.25) is 0 Å². The molecule has 0 atom stereocenters. The molecular formula is C15H21FN2O3. The molecule has 0 aliphatic rings. The number of esters is 1. The highest BCUT2D eigenvalue weighted by atomic mass is 19.1. The van der Waals surface area contributed by atoms with E-state index in [1.165, 1.54) is 24.1 Å². The molecule has 0 saturated carbocycles. The Bertz CT molecular complexity index is 518. The van der Waals surface area contributed by atoms with Gasteiger partial charge in [-0.05, 0) is 24.2 Å². The molecule has 0 unspecified atom stereocenters. The summed E-state index contributed by atoms with van der Waals surface area (Å²) in [5.41, 5.74) is 0.613. The van der Waals surface area contributed by atoms with Crippen LogP contribution < -0.4 is 0 Å². The number of benzene rings is 1. The maximum absolute atomic E-state index is 13.8. The predicted molar refractivity (Wildman–Crippen MR) is 77.4 cm³/mol. The van der Waals surface area contributed by atoms with Crippen LogP contribution in [0.5, 0.6) is 0 Å². The van der Waals surface area contributed by atoms with Gasteiger partial charge in [0.25, 0.3) is 0 Å². The molecule has 1 amide bonds. The highest BCUT2D eigenvalue weighted by Gasteiger charge is 2.15. The molecule has 0 aliphatic carbocycles. The van der Waals surface area contributed by atoms with Gasteiger partial charge in [-0.25, -0.2) is 9.18 Å². The zero-order valence-electron chi connectivity index (χ0n) is 12.9. The zero-order chi connectivity index (χ0) is 16.0. The van der Waals surface area contributed by atoms with Gasteiger partial charge in [0.05, 0.1) is 19.2 Å². The maximum atomic E-state index is 13.8. The Morgan fingerprint density at radius 1 is 1.29 bits per heavy atom. The molecule has 0 bridgehead atoms. The minimum atomic E-state index is -0.700. The van der Waals surface area contributed by atoms with Crippen molar-refractivity contribution in [3.8, 4) is 0 Å². The third kappa shape index (κ3) is 4.82. The first-order valence-corrected chi connectivity index (χ1v) is 6.68. The van der Waals surface area contributed by atoms with Crippen molar-refractivity contribution in [2.45, 2.75) is 13.5 Å². The van der Waals surface area contributed by atoms with Crippen molar-refractivity contribution in [1.82, 2.24) is 9.80 Å². The Morgan fingerprint density at radius 2 is 1.95 bits per heavy atom. The Hall–Kier alpha value is -1.95. The molecule has 0 heterocycles. The van der Waals surface area contributed by atoms with E-state index < -0.39 is 11.8 Å². The topological polar surface area (TPSA) is 49.9 Å². The zero-order valence-corrected chi connectivity index (χ0v) is 12.9. The molecule has 0 aliphatic heterocycles. The number of nitrogens with zero attached hydrogens (tertiary/aromatic N) is 2. The molecule has 0 N–H and O–H groups in total. The van der Waals surface area contributed by atoms with Crippen molar-refractivity contribution in [2.75, 3.05) is 34.3 Å². The fourth-order valence-corrected chi connectivity index (χ4v) is 1.80. The van der Waals surface area contributed by atoms with Crippen LogP contribution in [0, 0.1) is 5.82 Å². The highest BCUT2D eigenvalue weighted by Crippen LogP contribution is 2.13. The van der Waals surface area contributed by atoms with Crippen LogP contribution >= 0.6 is 0 Å². The number of hydrogen-bond donors (Lipinski definition) is 0. The van der Waals surface area contributed by atoms with Crippen molar-refractivity contribution >= 4 is 11.9 Å². The quantitative estimate of drug-likeness (QED) is 0.747. The summed E-state index contributed by atoms with van der Waals surface area (Å²) in [7, 11) is 4.60. The minimum Gasteiger partial charge on any atom is -0.465 e. The first kappa shape index (κ1) is 17.1. The first-order valence-electron chi connectivity index (χ1n) is 6.68. The second kappa shape index (κ2) is 7.73. The van der Waals surface area contributed by atoms with Crippen molar-refractivity contribution in [1.29, 1.82) is 0 Å². The smallest absolute Gasteiger partial charge is 0.340 e. The fraction of sp³-hybridized carbons (Fsp3) is 0.467. The lowest BCUT2D eigenvalue weighted by Crippen LogP contribution is -2.36. The van der Waals surface area contributed by atoms with Crippen molar-refractivity contribution < 1.29 is 18.7 Å². The largest absolute Gasteiger partial charge is 0.465 e. The molecule has 6 heteroatoms. The van der Waals surface area contributed by atoms with Crippen LogP contribution in [0.25, 0.3) is 0 Å². The summed E-state index contributed by atoms with van der Waals surface area (Å²) in [5, 5.41) is 0. The molecule has 0 aromatic heterocycles. The van der Waals surface area contributed by atoms with Gasteiger partial charge in [-0.15, -0.1) is 0 Å². The van der Waals surface area contributed by atoms with Gasteiger partial charge >= 0.3 is 5.97 Å². The second-order valence-electron chi connectivity index (χ2n) is 4.90. The molecule has 116 valence electrons. The van der Waals surface area contributed by atoms with Crippen LogP contribution in [-0.2, 0) is 16.1 Å². The van der Waals surface area contributed by atoms with Crippen molar-refractivity contribution in [2.24, 2.45) is 0 Å². The van der Waals surface area contributed by atoms with Gasteiger partial charge in [0.15, 0.2) is 0 Å². The normalized spacial score (nSPS) is 10.6. The molecule has 0 radical (unpaired) electrons. The van der Waals surface area contributed by atoms with Crippen LogP contribution in [0.15, 0.2) is 18.2 Å². The van der Waals surface area contributed by atoms with Crippen LogP contribution in [0.1, 0.15) is 22.8 Å². The average Bonchev–Trinajstić information content (AvgIpc) is 2.45.